The van der Waals surface area contributed by atoms with Gasteiger partial charge in [-0.1, -0.05) is 123 Å². The molecule has 1 aliphatic carbocycles. The lowest BCUT2D eigenvalue weighted by atomic mass is 9.82. The number of anilines is 3. The summed E-state index contributed by atoms with van der Waals surface area (Å²) >= 11 is 1.86. The average Bonchev–Trinajstić information content (AvgIpc) is 3.83. The van der Waals surface area contributed by atoms with Crippen LogP contribution in [0.25, 0.3) is 75.1 Å². The smallest absolute Gasteiger partial charge is 0.143 e. The molecule has 0 saturated heterocycles. The van der Waals surface area contributed by atoms with Crippen LogP contribution >= 0.6 is 11.3 Å². The first-order valence-corrected chi connectivity index (χ1v) is 18.7. The predicted octanol–water partition coefficient (Wildman–Crippen LogP) is 14.6. The monoisotopic (exact) mass is 683 g/mol. The summed E-state index contributed by atoms with van der Waals surface area (Å²) in [5, 5.41) is 7.23. The highest BCUT2D eigenvalue weighted by Crippen LogP contribution is 2.54. The predicted molar refractivity (Wildman–Crippen MR) is 222 cm³/mol. The molecule has 0 radical (unpaired) electrons. The highest BCUT2D eigenvalue weighted by Gasteiger charge is 2.37. The highest BCUT2D eigenvalue weighted by atomic mass is 32.1. The molecule has 0 aliphatic heterocycles. The van der Waals surface area contributed by atoms with Crippen LogP contribution in [0, 0.1) is 0 Å². The van der Waals surface area contributed by atoms with Crippen molar-refractivity contribution in [1.29, 1.82) is 0 Å². The Kier molecular flexibility index (Phi) is 6.21. The van der Waals surface area contributed by atoms with Crippen LogP contribution in [0.2, 0.25) is 0 Å². The third-order valence-electron chi connectivity index (χ3n) is 11.3. The number of hydrogen-bond acceptors (Lipinski definition) is 3. The van der Waals surface area contributed by atoms with Crippen molar-refractivity contribution in [3.63, 3.8) is 0 Å². The van der Waals surface area contributed by atoms with Crippen molar-refractivity contribution in [2.24, 2.45) is 0 Å². The molecule has 52 heavy (non-hydrogen) atoms. The van der Waals surface area contributed by atoms with Gasteiger partial charge in [-0.3, -0.25) is 0 Å². The first-order valence-electron chi connectivity index (χ1n) is 17.9. The van der Waals surface area contributed by atoms with Gasteiger partial charge in [0.05, 0.1) is 5.69 Å². The lowest BCUT2D eigenvalue weighted by Gasteiger charge is -2.29. The third-order valence-corrected chi connectivity index (χ3v) is 12.4. The van der Waals surface area contributed by atoms with Crippen LogP contribution in [-0.4, -0.2) is 0 Å². The fourth-order valence-corrected chi connectivity index (χ4v) is 9.87. The lowest BCUT2D eigenvalue weighted by Crippen LogP contribution is -2.16. The normalized spacial score (nSPS) is 13.3. The van der Waals surface area contributed by atoms with Crippen LogP contribution in [0.4, 0.5) is 17.1 Å². The van der Waals surface area contributed by atoms with Crippen LogP contribution < -0.4 is 4.90 Å². The second kappa shape index (κ2) is 10.9. The van der Waals surface area contributed by atoms with Crippen molar-refractivity contribution in [3.8, 4) is 22.3 Å². The van der Waals surface area contributed by atoms with Gasteiger partial charge < -0.3 is 9.32 Å². The van der Waals surface area contributed by atoms with Crippen LogP contribution in [-0.2, 0) is 5.41 Å². The van der Waals surface area contributed by atoms with Gasteiger partial charge in [0.2, 0.25) is 0 Å². The molecule has 0 spiro atoms. The molecule has 10 aromatic rings. The van der Waals surface area contributed by atoms with E-state index in [1.807, 2.05) is 17.4 Å². The first-order chi connectivity index (χ1) is 25.5. The number of nitrogens with zero attached hydrogens (tertiary/aromatic N) is 1. The van der Waals surface area contributed by atoms with Gasteiger partial charge >= 0.3 is 0 Å². The largest absolute Gasteiger partial charge is 0.455 e. The van der Waals surface area contributed by atoms with Gasteiger partial charge in [-0.05, 0) is 87.8 Å². The van der Waals surface area contributed by atoms with Gasteiger partial charge in [0.15, 0.2) is 0 Å². The molecule has 0 bridgehead atoms. The number of hydrogen-bond donors (Lipinski definition) is 0. The van der Waals surface area contributed by atoms with Crippen LogP contribution in [0.5, 0.6) is 0 Å². The van der Waals surface area contributed by atoms with E-state index in [2.05, 4.69) is 176 Å². The Morgan fingerprint density at radius 3 is 2.04 bits per heavy atom. The minimum atomic E-state index is -0.0927. The SMILES string of the molecule is CC1(C)c2ccccc2-c2c(N(c3ccc(-c4cccc5c4ccc4c6ccccc6oc54)cc3)c3ccc4sc5ccccc5c4c3)cccc21. The van der Waals surface area contributed by atoms with Gasteiger partial charge in [0, 0.05) is 58.7 Å². The molecule has 0 amide bonds. The van der Waals surface area contributed by atoms with Crippen molar-refractivity contribution in [2.75, 3.05) is 4.90 Å². The second-order valence-corrected chi connectivity index (χ2v) is 15.6. The minimum Gasteiger partial charge on any atom is -0.455 e. The number of fused-ring (bicyclic) bond motifs is 11. The zero-order valence-electron chi connectivity index (χ0n) is 28.9. The fraction of sp³-hybridized carbons (Fsp3) is 0.0612. The fourth-order valence-electron chi connectivity index (χ4n) is 8.78. The number of furan rings is 1. The molecule has 8 aromatic carbocycles. The molecule has 2 aromatic heterocycles. The Balaban J connectivity index is 1.10. The van der Waals surface area contributed by atoms with Crippen LogP contribution in [0.3, 0.4) is 0 Å². The molecule has 0 fully saturated rings. The van der Waals surface area contributed by atoms with Crippen molar-refractivity contribution >= 4 is 81.3 Å². The molecular weight excluding hydrogens is 651 g/mol. The van der Waals surface area contributed by atoms with Crippen molar-refractivity contribution in [1.82, 2.24) is 0 Å². The van der Waals surface area contributed by atoms with E-state index < -0.39 is 0 Å². The van der Waals surface area contributed by atoms with Gasteiger partial charge in [0.1, 0.15) is 11.2 Å². The zero-order valence-corrected chi connectivity index (χ0v) is 29.7. The van der Waals surface area contributed by atoms with E-state index in [4.69, 9.17) is 4.42 Å². The Morgan fingerprint density at radius 1 is 0.481 bits per heavy atom. The quantitative estimate of drug-likeness (QED) is 0.184. The van der Waals surface area contributed by atoms with E-state index in [1.165, 1.54) is 64.6 Å². The number of para-hydroxylation sites is 1. The summed E-state index contributed by atoms with van der Waals surface area (Å²) in [4.78, 5) is 2.47. The maximum Gasteiger partial charge on any atom is 0.143 e. The van der Waals surface area contributed by atoms with Crippen LogP contribution in [0.1, 0.15) is 25.0 Å². The molecule has 3 heteroatoms. The van der Waals surface area contributed by atoms with Crippen LogP contribution in [0.15, 0.2) is 168 Å². The summed E-state index contributed by atoms with van der Waals surface area (Å²) in [6, 6.07) is 60.0. The van der Waals surface area contributed by atoms with E-state index in [-0.39, 0.29) is 5.41 Å². The van der Waals surface area contributed by atoms with E-state index in [1.54, 1.807) is 0 Å². The summed E-state index contributed by atoms with van der Waals surface area (Å²) in [6.45, 7) is 4.71. The Morgan fingerprint density at radius 2 is 1.13 bits per heavy atom. The molecule has 0 unspecified atom stereocenters. The number of rotatable bonds is 4. The molecule has 0 atom stereocenters. The van der Waals surface area contributed by atoms with E-state index in [0.717, 1.165) is 38.7 Å². The topological polar surface area (TPSA) is 16.4 Å². The third kappa shape index (κ3) is 4.17. The van der Waals surface area contributed by atoms with Gasteiger partial charge in [0.25, 0.3) is 0 Å². The Labute approximate surface area is 305 Å². The molecule has 0 saturated carbocycles. The summed E-state index contributed by atoms with van der Waals surface area (Å²) in [5.41, 5.74) is 13.0. The van der Waals surface area contributed by atoms with E-state index in [9.17, 15) is 0 Å². The molecule has 246 valence electrons. The Bertz CT molecular complexity index is 3050. The minimum absolute atomic E-state index is 0.0927. The van der Waals surface area contributed by atoms with Gasteiger partial charge in [-0.15, -0.1) is 11.3 Å². The Hall–Kier alpha value is -6.16. The summed E-state index contributed by atoms with van der Waals surface area (Å²) in [5.74, 6) is 0. The van der Waals surface area contributed by atoms with Crippen molar-refractivity contribution < 1.29 is 4.42 Å². The van der Waals surface area contributed by atoms with Crippen molar-refractivity contribution in [3.05, 3.63) is 175 Å². The summed E-state index contributed by atoms with van der Waals surface area (Å²) in [7, 11) is 0. The molecule has 0 N–H and O–H groups in total. The summed E-state index contributed by atoms with van der Waals surface area (Å²) in [6.07, 6.45) is 0. The number of benzene rings is 8. The van der Waals surface area contributed by atoms with Crippen molar-refractivity contribution in [2.45, 2.75) is 19.3 Å². The average molecular weight is 684 g/mol. The maximum atomic E-state index is 6.43. The number of thiophene rings is 1. The molecule has 2 nitrogen and oxygen atoms in total. The zero-order chi connectivity index (χ0) is 34.6. The van der Waals surface area contributed by atoms with E-state index in [0.29, 0.717) is 0 Å². The van der Waals surface area contributed by atoms with Gasteiger partial charge in [-0.2, -0.15) is 0 Å². The molecular formula is C49H33NOS. The molecule has 11 rings (SSSR count). The first kappa shape index (κ1) is 29.6. The summed E-state index contributed by atoms with van der Waals surface area (Å²) < 4.78 is 9.05. The molecule has 2 heterocycles. The highest BCUT2D eigenvalue weighted by molar-refractivity contribution is 7.25. The lowest BCUT2D eigenvalue weighted by molar-refractivity contribution is 0.660. The maximum absolute atomic E-state index is 6.43. The second-order valence-electron chi connectivity index (χ2n) is 14.5. The standard InChI is InChI=1S/C49H33NOS/c1-49(2)41-16-6-3-13-39(41)47-42(49)17-10-18-43(47)50(32-25-28-46-40(29-32)36-12-5-8-20-45(36)52-46)31-23-21-30(22-24-31)33-14-9-15-37-34(33)26-27-38-35-11-4-7-19-44(35)51-48(37)38/h3-29H,1-2H3. The van der Waals surface area contributed by atoms with E-state index >= 15 is 0 Å². The van der Waals surface area contributed by atoms with Gasteiger partial charge in [-0.25, -0.2) is 0 Å². The molecule has 1 aliphatic rings.